The molecule has 0 fully saturated rings. The third-order valence-electron chi connectivity index (χ3n) is 5.24. The van der Waals surface area contributed by atoms with Gasteiger partial charge in [0, 0.05) is 22.3 Å². The number of rotatable bonds is 2. The van der Waals surface area contributed by atoms with E-state index in [1.54, 1.807) is 12.1 Å². The summed E-state index contributed by atoms with van der Waals surface area (Å²) >= 11 is 0. The zero-order valence-electron chi connectivity index (χ0n) is 15.1. The van der Waals surface area contributed by atoms with Gasteiger partial charge in [0.2, 0.25) is 0 Å². The molecular weight excluding hydrogens is 344 g/mol. The van der Waals surface area contributed by atoms with E-state index in [1.807, 2.05) is 84.9 Å². The van der Waals surface area contributed by atoms with Crippen LogP contribution in [0.5, 0.6) is 0 Å². The van der Waals surface area contributed by atoms with Gasteiger partial charge in [-0.25, -0.2) is 0 Å². The van der Waals surface area contributed by atoms with E-state index in [4.69, 9.17) is 0 Å². The highest BCUT2D eigenvalue weighted by molar-refractivity contribution is 6.32. The lowest BCUT2D eigenvalue weighted by Crippen LogP contribution is -2.22. The van der Waals surface area contributed by atoms with E-state index in [-0.39, 0.29) is 11.6 Å². The Hall–Kier alpha value is -3.78. The smallest absolute Gasteiger partial charge is 0.195 e. The summed E-state index contributed by atoms with van der Waals surface area (Å²) in [6, 6.07) is 30.5. The number of carbonyl (C=O) groups excluding carboxylic acids is 2. The molecule has 2 nitrogen and oxygen atoms in total. The molecule has 0 heterocycles. The summed E-state index contributed by atoms with van der Waals surface area (Å²) in [5.74, 6) is -0.191. The number of hydrogen-bond acceptors (Lipinski definition) is 2. The first-order chi connectivity index (χ1) is 13.8. The van der Waals surface area contributed by atoms with E-state index in [0.717, 1.165) is 22.3 Å². The second-order valence-corrected chi connectivity index (χ2v) is 6.85. The zero-order chi connectivity index (χ0) is 19.1. The molecule has 0 spiro atoms. The molecule has 28 heavy (non-hydrogen) atoms. The van der Waals surface area contributed by atoms with Crippen LogP contribution in [0.3, 0.4) is 0 Å². The standard InChI is InChI=1S/C26H16O2/c27-25-22-16-8-14-20(18-11-5-2-6-12-18)24(22)26(28)21-15-7-13-19(23(21)25)17-9-3-1-4-10-17/h1-16H. The highest BCUT2D eigenvalue weighted by Gasteiger charge is 2.33. The molecule has 132 valence electrons. The maximum Gasteiger partial charge on any atom is 0.195 e. The van der Waals surface area contributed by atoms with Crippen LogP contribution in [0.25, 0.3) is 22.3 Å². The van der Waals surface area contributed by atoms with Crippen LogP contribution in [0.4, 0.5) is 0 Å². The minimum atomic E-state index is -0.0955. The van der Waals surface area contributed by atoms with Crippen LogP contribution in [0, 0.1) is 0 Å². The van der Waals surface area contributed by atoms with Gasteiger partial charge in [-0.05, 0) is 22.3 Å². The summed E-state index contributed by atoms with van der Waals surface area (Å²) in [6.45, 7) is 0. The van der Waals surface area contributed by atoms with Crippen LogP contribution >= 0.6 is 0 Å². The monoisotopic (exact) mass is 360 g/mol. The van der Waals surface area contributed by atoms with Crippen molar-refractivity contribution in [3.8, 4) is 22.3 Å². The minimum Gasteiger partial charge on any atom is -0.289 e. The molecule has 0 aromatic heterocycles. The van der Waals surface area contributed by atoms with Crippen molar-refractivity contribution in [3.63, 3.8) is 0 Å². The first-order valence-corrected chi connectivity index (χ1v) is 9.22. The van der Waals surface area contributed by atoms with Crippen molar-refractivity contribution < 1.29 is 9.59 Å². The quantitative estimate of drug-likeness (QED) is 0.399. The minimum absolute atomic E-state index is 0.0955. The Kier molecular flexibility index (Phi) is 3.77. The van der Waals surface area contributed by atoms with Crippen molar-refractivity contribution in [1.82, 2.24) is 0 Å². The van der Waals surface area contributed by atoms with Crippen molar-refractivity contribution in [3.05, 3.63) is 119 Å². The van der Waals surface area contributed by atoms with E-state index < -0.39 is 0 Å². The molecular formula is C26H16O2. The number of hydrogen-bond donors (Lipinski definition) is 0. The summed E-state index contributed by atoms with van der Waals surface area (Å²) in [4.78, 5) is 27.0. The Morgan fingerprint density at radius 3 is 1.11 bits per heavy atom. The topological polar surface area (TPSA) is 34.1 Å². The van der Waals surface area contributed by atoms with Crippen LogP contribution in [-0.2, 0) is 0 Å². The predicted octanol–water partition coefficient (Wildman–Crippen LogP) is 5.80. The van der Waals surface area contributed by atoms with Crippen LogP contribution in [-0.4, -0.2) is 11.6 Å². The number of benzene rings is 4. The van der Waals surface area contributed by atoms with Gasteiger partial charge < -0.3 is 0 Å². The Balaban J connectivity index is 1.77. The first-order valence-electron chi connectivity index (χ1n) is 9.22. The molecule has 0 aliphatic heterocycles. The van der Waals surface area contributed by atoms with E-state index >= 15 is 0 Å². The number of ketones is 2. The third-order valence-corrected chi connectivity index (χ3v) is 5.24. The first kappa shape index (κ1) is 16.4. The van der Waals surface area contributed by atoms with E-state index in [9.17, 15) is 9.59 Å². The van der Waals surface area contributed by atoms with Gasteiger partial charge >= 0.3 is 0 Å². The van der Waals surface area contributed by atoms with E-state index in [1.165, 1.54) is 0 Å². The lowest BCUT2D eigenvalue weighted by Gasteiger charge is -2.22. The molecule has 0 radical (unpaired) electrons. The van der Waals surface area contributed by atoms with Crippen LogP contribution in [0.2, 0.25) is 0 Å². The van der Waals surface area contributed by atoms with Crippen molar-refractivity contribution >= 4 is 11.6 Å². The van der Waals surface area contributed by atoms with Crippen LogP contribution in [0.1, 0.15) is 31.8 Å². The van der Waals surface area contributed by atoms with Gasteiger partial charge in [-0.15, -0.1) is 0 Å². The second-order valence-electron chi connectivity index (χ2n) is 6.85. The molecule has 0 atom stereocenters. The number of fused-ring (bicyclic) bond motifs is 2. The Bertz CT molecular complexity index is 1120. The van der Waals surface area contributed by atoms with Gasteiger partial charge in [0.05, 0.1) is 0 Å². The van der Waals surface area contributed by atoms with Crippen LogP contribution in [0.15, 0.2) is 97.1 Å². The van der Waals surface area contributed by atoms with Crippen molar-refractivity contribution in [2.24, 2.45) is 0 Å². The lowest BCUT2D eigenvalue weighted by molar-refractivity contribution is 0.0980. The SMILES string of the molecule is O=C1c2cccc(-c3ccccc3)c2C(=O)c2cccc(-c3ccccc3)c21. The summed E-state index contributed by atoms with van der Waals surface area (Å²) < 4.78 is 0. The molecule has 0 unspecified atom stereocenters. The summed E-state index contributed by atoms with van der Waals surface area (Å²) in [5, 5.41) is 0. The lowest BCUT2D eigenvalue weighted by atomic mass is 9.78. The summed E-state index contributed by atoms with van der Waals surface area (Å²) in [5.41, 5.74) is 5.41. The average molecular weight is 360 g/mol. The molecule has 0 saturated heterocycles. The highest BCUT2D eigenvalue weighted by Crippen LogP contribution is 2.38. The summed E-state index contributed by atoms with van der Waals surface area (Å²) in [6.07, 6.45) is 0. The van der Waals surface area contributed by atoms with Gasteiger partial charge in [-0.1, -0.05) is 97.1 Å². The fraction of sp³-hybridized carbons (Fsp3) is 0. The average Bonchev–Trinajstić information content (AvgIpc) is 2.77. The molecule has 0 bridgehead atoms. The summed E-state index contributed by atoms with van der Waals surface area (Å²) in [7, 11) is 0. The predicted molar refractivity (Wildman–Crippen MR) is 111 cm³/mol. The van der Waals surface area contributed by atoms with Crippen molar-refractivity contribution in [1.29, 1.82) is 0 Å². The fourth-order valence-corrected chi connectivity index (χ4v) is 3.96. The second kappa shape index (κ2) is 6.43. The van der Waals surface area contributed by atoms with Gasteiger partial charge in [0.1, 0.15) is 0 Å². The van der Waals surface area contributed by atoms with Crippen molar-refractivity contribution in [2.75, 3.05) is 0 Å². The molecule has 1 aliphatic rings. The number of carbonyl (C=O) groups is 2. The van der Waals surface area contributed by atoms with Crippen molar-refractivity contribution in [2.45, 2.75) is 0 Å². The highest BCUT2D eigenvalue weighted by atomic mass is 16.1. The van der Waals surface area contributed by atoms with Gasteiger partial charge in [0.15, 0.2) is 11.6 Å². The van der Waals surface area contributed by atoms with E-state index in [2.05, 4.69) is 0 Å². The van der Waals surface area contributed by atoms with E-state index in [0.29, 0.717) is 22.3 Å². The fourth-order valence-electron chi connectivity index (χ4n) is 3.96. The van der Waals surface area contributed by atoms with Gasteiger partial charge in [0.25, 0.3) is 0 Å². The molecule has 0 amide bonds. The Labute approximate surface area is 163 Å². The molecule has 0 N–H and O–H groups in total. The molecule has 1 aliphatic carbocycles. The Morgan fingerprint density at radius 2 is 0.714 bits per heavy atom. The zero-order valence-corrected chi connectivity index (χ0v) is 15.1. The van der Waals surface area contributed by atoms with Gasteiger partial charge in [-0.3, -0.25) is 9.59 Å². The Morgan fingerprint density at radius 1 is 0.357 bits per heavy atom. The maximum absolute atomic E-state index is 13.5. The van der Waals surface area contributed by atoms with Gasteiger partial charge in [-0.2, -0.15) is 0 Å². The molecule has 5 rings (SSSR count). The van der Waals surface area contributed by atoms with Crippen LogP contribution < -0.4 is 0 Å². The molecule has 2 heteroatoms. The third kappa shape index (κ3) is 2.43. The molecule has 4 aromatic carbocycles. The largest absolute Gasteiger partial charge is 0.289 e. The molecule has 4 aromatic rings. The molecule has 0 saturated carbocycles. The normalized spacial score (nSPS) is 12.4. The maximum atomic E-state index is 13.5.